The van der Waals surface area contributed by atoms with Crippen LogP contribution >= 0.6 is 0 Å². The Hall–Kier alpha value is -1.82. The number of rotatable bonds is 16. The first-order valence-electron chi connectivity index (χ1n) is 17.0. The summed E-state index contributed by atoms with van der Waals surface area (Å²) in [5.74, 6) is 5.16. The Labute approximate surface area is 256 Å². The predicted octanol–water partition coefficient (Wildman–Crippen LogP) is 13.0. The summed E-state index contributed by atoms with van der Waals surface area (Å²) in [6.45, 7) is 41.8. The molecule has 6 atom stereocenters. The molecule has 0 nitrogen and oxygen atoms in total. The highest BCUT2D eigenvalue weighted by Crippen LogP contribution is 2.66. The van der Waals surface area contributed by atoms with Gasteiger partial charge in [-0.05, 0) is 117 Å². The van der Waals surface area contributed by atoms with Crippen LogP contribution < -0.4 is 0 Å². The molecule has 3 rings (SSSR count). The topological polar surface area (TPSA) is 0 Å². The third kappa shape index (κ3) is 10.8. The fraction of sp³-hybridized carbons (Fsp3) is 0.659. The third-order valence-corrected chi connectivity index (χ3v) is 10.4. The lowest BCUT2D eigenvalue weighted by molar-refractivity contribution is 0.243. The van der Waals surface area contributed by atoms with Gasteiger partial charge in [-0.15, -0.1) is 13.2 Å². The molecule has 3 saturated carbocycles. The molecular weight excluding hydrogens is 492 g/mol. The van der Waals surface area contributed by atoms with Gasteiger partial charge in [0.2, 0.25) is 0 Å². The minimum Gasteiger partial charge on any atom is -0.103 e. The summed E-state index contributed by atoms with van der Waals surface area (Å²) in [7, 11) is 0. The summed E-state index contributed by atoms with van der Waals surface area (Å²) in [5.41, 5.74) is 7.18. The first-order valence-corrected chi connectivity index (χ1v) is 17.0. The maximum Gasteiger partial charge on any atom is -0.0106 e. The lowest BCUT2D eigenvalue weighted by Gasteiger charge is -2.38. The maximum atomic E-state index is 4.92. The van der Waals surface area contributed by atoms with Crippen LogP contribution in [0.15, 0.2) is 86.1 Å². The minimum atomic E-state index is 0.300. The summed E-state index contributed by atoms with van der Waals surface area (Å²) in [5, 5.41) is 0. The smallest absolute Gasteiger partial charge is 0.0106 e. The molecule has 0 saturated heterocycles. The van der Waals surface area contributed by atoms with Gasteiger partial charge < -0.3 is 0 Å². The molecule has 3 aliphatic rings. The zero-order valence-electron chi connectivity index (χ0n) is 28.0. The largest absolute Gasteiger partial charge is 0.103 e. The van der Waals surface area contributed by atoms with Gasteiger partial charge in [0.1, 0.15) is 0 Å². The van der Waals surface area contributed by atoms with Crippen molar-refractivity contribution in [1.29, 1.82) is 0 Å². The van der Waals surface area contributed by atoms with Crippen LogP contribution in [0.3, 0.4) is 0 Å². The van der Waals surface area contributed by atoms with Gasteiger partial charge in [-0.1, -0.05) is 127 Å². The summed E-state index contributed by atoms with van der Waals surface area (Å²) in [6.07, 6.45) is 20.7. The van der Waals surface area contributed by atoms with Crippen molar-refractivity contribution in [2.24, 2.45) is 46.8 Å². The van der Waals surface area contributed by atoms with Gasteiger partial charge in [-0.2, -0.15) is 0 Å². The van der Waals surface area contributed by atoms with Crippen molar-refractivity contribution in [1.82, 2.24) is 0 Å². The van der Waals surface area contributed by atoms with E-state index in [1.807, 2.05) is 12.2 Å². The highest BCUT2D eigenvalue weighted by atomic mass is 14.6. The van der Waals surface area contributed by atoms with Crippen LogP contribution in [0, 0.1) is 46.8 Å². The van der Waals surface area contributed by atoms with Gasteiger partial charge in [0.15, 0.2) is 0 Å². The standard InChI is InChI=1S/C37H58.C4H8/c1-11-12-14-17-26(3)27(4)20-21-28(5)35-33(23-34-30(7)36(34)35)29(6)32(31-18-15-13-16-19-31)22-25(2)24-37(8,9)10;1-3-4-2/h11,30-36H,1-6,12-24H2,7-10H3;3H,1,4H2,2H3. The van der Waals surface area contributed by atoms with Crippen LogP contribution in [0.4, 0.5) is 0 Å². The molecule has 0 bridgehead atoms. The number of unbranched alkanes of at least 4 members (excludes halogenated alkanes) is 1. The van der Waals surface area contributed by atoms with E-state index < -0.39 is 0 Å². The van der Waals surface area contributed by atoms with Gasteiger partial charge in [0, 0.05) is 0 Å². The van der Waals surface area contributed by atoms with Crippen molar-refractivity contribution in [3.63, 3.8) is 0 Å². The van der Waals surface area contributed by atoms with E-state index >= 15 is 0 Å². The van der Waals surface area contributed by atoms with Crippen molar-refractivity contribution < 1.29 is 0 Å². The molecule has 0 heterocycles. The van der Waals surface area contributed by atoms with E-state index in [1.165, 1.54) is 60.8 Å². The fourth-order valence-corrected chi connectivity index (χ4v) is 8.03. The van der Waals surface area contributed by atoms with E-state index in [1.54, 1.807) is 5.57 Å². The summed E-state index contributed by atoms with van der Waals surface area (Å²) < 4.78 is 0. The molecule has 3 fully saturated rings. The SMILES string of the molecule is C=CCC.C=CCCCC(=C)C(=C)CCC(=C)C1C(C(=C)C(CC(=C)CC(C)(C)C)C2CCCCC2)CC2C(C)C21. The number of fused-ring (bicyclic) bond motifs is 1. The molecule has 0 aliphatic heterocycles. The van der Waals surface area contributed by atoms with Crippen LogP contribution in [0.1, 0.15) is 125 Å². The molecule has 6 unspecified atom stereocenters. The number of hydrogen-bond donors (Lipinski definition) is 0. The Morgan fingerprint density at radius 3 is 2.05 bits per heavy atom. The first-order chi connectivity index (χ1) is 19.4. The van der Waals surface area contributed by atoms with Gasteiger partial charge >= 0.3 is 0 Å². The maximum absolute atomic E-state index is 4.92. The van der Waals surface area contributed by atoms with Crippen LogP contribution in [-0.4, -0.2) is 0 Å². The molecule has 0 aromatic carbocycles. The lowest BCUT2D eigenvalue weighted by Crippen LogP contribution is -2.28. The molecular formula is C41H66. The van der Waals surface area contributed by atoms with Crippen LogP contribution in [0.2, 0.25) is 0 Å². The molecule has 230 valence electrons. The van der Waals surface area contributed by atoms with Crippen molar-refractivity contribution in [3.05, 3.63) is 86.1 Å². The zero-order valence-corrected chi connectivity index (χ0v) is 28.0. The van der Waals surface area contributed by atoms with E-state index in [4.69, 9.17) is 13.2 Å². The second-order valence-electron chi connectivity index (χ2n) is 15.0. The molecule has 0 spiro atoms. The summed E-state index contributed by atoms with van der Waals surface area (Å²) in [4.78, 5) is 0. The van der Waals surface area contributed by atoms with E-state index in [9.17, 15) is 0 Å². The fourth-order valence-electron chi connectivity index (χ4n) is 8.03. The number of hydrogen-bond acceptors (Lipinski definition) is 0. The molecule has 0 aromatic rings. The molecule has 41 heavy (non-hydrogen) atoms. The highest BCUT2D eigenvalue weighted by molar-refractivity contribution is 5.30. The number of allylic oxidation sites excluding steroid dienone is 7. The highest BCUT2D eigenvalue weighted by Gasteiger charge is 2.60. The van der Waals surface area contributed by atoms with Gasteiger partial charge in [-0.25, -0.2) is 0 Å². The third-order valence-electron chi connectivity index (χ3n) is 10.4. The van der Waals surface area contributed by atoms with E-state index in [0.717, 1.165) is 75.0 Å². The summed E-state index contributed by atoms with van der Waals surface area (Å²) >= 11 is 0. The normalized spacial score (nSPS) is 26.1. The molecule has 0 aromatic heterocycles. The summed E-state index contributed by atoms with van der Waals surface area (Å²) in [6, 6.07) is 0. The second-order valence-corrected chi connectivity index (χ2v) is 15.0. The minimum absolute atomic E-state index is 0.300. The Bertz CT molecular complexity index is 926. The van der Waals surface area contributed by atoms with E-state index in [-0.39, 0.29) is 0 Å². The molecule has 0 heteroatoms. The van der Waals surface area contributed by atoms with Gasteiger partial charge in [0.25, 0.3) is 0 Å². The van der Waals surface area contributed by atoms with Crippen LogP contribution in [0.5, 0.6) is 0 Å². The molecule has 0 amide bonds. The molecule has 3 aliphatic carbocycles. The van der Waals surface area contributed by atoms with Crippen molar-refractivity contribution in [2.75, 3.05) is 0 Å². The quantitative estimate of drug-likeness (QED) is 0.100. The van der Waals surface area contributed by atoms with Crippen LogP contribution in [0.25, 0.3) is 0 Å². The Morgan fingerprint density at radius 2 is 1.49 bits per heavy atom. The molecule has 0 N–H and O–H groups in total. The average molecular weight is 559 g/mol. The van der Waals surface area contributed by atoms with Gasteiger partial charge in [-0.3, -0.25) is 0 Å². The van der Waals surface area contributed by atoms with Crippen molar-refractivity contribution in [3.8, 4) is 0 Å². The predicted molar refractivity (Wildman–Crippen MR) is 186 cm³/mol. The lowest BCUT2D eigenvalue weighted by atomic mass is 9.67. The molecule has 0 radical (unpaired) electrons. The van der Waals surface area contributed by atoms with Gasteiger partial charge in [0.05, 0.1) is 0 Å². The Kier molecular flexibility index (Phi) is 14.4. The zero-order chi connectivity index (χ0) is 30.7. The Morgan fingerprint density at radius 1 is 0.878 bits per heavy atom. The first kappa shape index (κ1) is 35.4. The van der Waals surface area contributed by atoms with E-state index in [2.05, 4.69) is 67.5 Å². The van der Waals surface area contributed by atoms with Crippen molar-refractivity contribution in [2.45, 2.75) is 125 Å². The Balaban J connectivity index is 0.00000138. The van der Waals surface area contributed by atoms with Crippen LogP contribution in [-0.2, 0) is 0 Å². The monoisotopic (exact) mass is 559 g/mol. The second kappa shape index (κ2) is 16.7. The van der Waals surface area contributed by atoms with Crippen molar-refractivity contribution >= 4 is 0 Å². The van der Waals surface area contributed by atoms with E-state index in [0.29, 0.717) is 23.2 Å². The average Bonchev–Trinajstić information content (AvgIpc) is 3.36.